The summed E-state index contributed by atoms with van der Waals surface area (Å²) in [5.74, 6) is 0.400. The second-order valence-electron chi connectivity index (χ2n) is 5.36. The molecule has 0 unspecified atom stereocenters. The second-order valence-corrected chi connectivity index (χ2v) is 5.36. The van der Waals surface area contributed by atoms with Crippen LogP contribution in [0.1, 0.15) is 25.7 Å². The van der Waals surface area contributed by atoms with E-state index in [1.165, 1.54) is 0 Å². The van der Waals surface area contributed by atoms with Crippen LogP contribution in [0.4, 0.5) is 5.69 Å². The van der Waals surface area contributed by atoms with E-state index in [4.69, 9.17) is 0 Å². The first-order valence-electron chi connectivity index (χ1n) is 7.42. The number of nitrogens with zero attached hydrogens (tertiary/aromatic N) is 1. The summed E-state index contributed by atoms with van der Waals surface area (Å²) in [4.78, 5) is 25.4. The molecule has 1 aliphatic carbocycles. The molecular weight excluding hydrogens is 264 g/mol. The smallest absolute Gasteiger partial charge is 0.228 e. The number of anilines is 1. The molecule has 112 valence electrons. The van der Waals surface area contributed by atoms with Gasteiger partial charge < -0.3 is 10.2 Å². The van der Waals surface area contributed by atoms with E-state index in [2.05, 4.69) is 17.5 Å². The molecule has 0 heterocycles. The van der Waals surface area contributed by atoms with Crippen molar-refractivity contribution in [3.8, 4) is 0 Å². The van der Waals surface area contributed by atoms with Crippen LogP contribution in [0.3, 0.4) is 0 Å². The molecule has 0 saturated heterocycles. The molecule has 2 rings (SSSR count). The van der Waals surface area contributed by atoms with Gasteiger partial charge in [0, 0.05) is 32.1 Å². The van der Waals surface area contributed by atoms with Gasteiger partial charge in [-0.05, 0) is 30.9 Å². The van der Waals surface area contributed by atoms with Crippen molar-refractivity contribution in [2.75, 3.05) is 18.5 Å². The quantitative estimate of drug-likeness (QED) is 0.817. The molecule has 0 saturated carbocycles. The molecule has 0 bridgehead atoms. The van der Waals surface area contributed by atoms with E-state index >= 15 is 0 Å². The molecule has 0 radical (unpaired) electrons. The SMILES string of the molecule is CN(C(=O)CCNC(=O)C[C@@H]1C=CCC1)c1ccccc1. The van der Waals surface area contributed by atoms with Crippen LogP contribution in [0.5, 0.6) is 0 Å². The fourth-order valence-corrected chi connectivity index (χ4v) is 2.45. The fraction of sp³-hybridized carbons (Fsp3) is 0.412. The summed E-state index contributed by atoms with van der Waals surface area (Å²) in [6.45, 7) is 0.394. The Morgan fingerprint density at radius 1 is 1.29 bits per heavy atom. The highest BCUT2D eigenvalue weighted by molar-refractivity contribution is 5.93. The first-order chi connectivity index (χ1) is 10.2. The first-order valence-corrected chi connectivity index (χ1v) is 7.42. The van der Waals surface area contributed by atoms with Crippen molar-refractivity contribution in [3.63, 3.8) is 0 Å². The largest absolute Gasteiger partial charge is 0.356 e. The van der Waals surface area contributed by atoms with E-state index < -0.39 is 0 Å². The van der Waals surface area contributed by atoms with Crippen molar-refractivity contribution in [1.82, 2.24) is 5.32 Å². The molecular formula is C17H22N2O2. The number of para-hydroxylation sites is 1. The van der Waals surface area contributed by atoms with E-state index in [9.17, 15) is 9.59 Å². The van der Waals surface area contributed by atoms with Crippen LogP contribution in [0.15, 0.2) is 42.5 Å². The molecule has 4 heteroatoms. The minimum Gasteiger partial charge on any atom is -0.356 e. The van der Waals surface area contributed by atoms with E-state index in [0.29, 0.717) is 25.3 Å². The molecule has 0 aromatic heterocycles. The molecule has 0 fully saturated rings. The molecule has 4 nitrogen and oxygen atoms in total. The van der Waals surface area contributed by atoms with Crippen LogP contribution in [0.25, 0.3) is 0 Å². The highest BCUT2D eigenvalue weighted by Gasteiger charge is 2.15. The van der Waals surface area contributed by atoms with E-state index in [0.717, 1.165) is 18.5 Å². The molecule has 2 amide bonds. The lowest BCUT2D eigenvalue weighted by atomic mass is 10.1. The zero-order valence-corrected chi connectivity index (χ0v) is 12.4. The Morgan fingerprint density at radius 2 is 2.05 bits per heavy atom. The zero-order chi connectivity index (χ0) is 15.1. The van der Waals surface area contributed by atoms with Crippen molar-refractivity contribution in [1.29, 1.82) is 0 Å². The zero-order valence-electron chi connectivity index (χ0n) is 12.4. The number of nitrogens with one attached hydrogen (secondary N) is 1. The predicted molar refractivity (Wildman–Crippen MR) is 84.0 cm³/mol. The normalized spacial score (nSPS) is 16.7. The van der Waals surface area contributed by atoms with Gasteiger partial charge in [0.2, 0.25) is 11.8 Å². The Hall–Kier alpha value is -2.10. The van der Waals surface area contributed by atoms with Crippen molar-refractivity contribution in [2.24, 2.45) is 5.92 Å². The van der Waals surface area contributed by atoms with E-state index in [1.807, 2.05) is 30.3 Å². The topological polar surface area (TPSA) is 49.4 Å². The van der Waals surface area contributed by atoms with Crippen molar-refractivity contribution in [2.45, 2.75) is 25.7 Å². The van der Waals surface area contributed by atoms with Crippen LogP contribution in [0.2, 0.25) is 0 Å². The Morgan fingerprint density at radius 3 is 2.71 bits per heavy atom. The van der Waals surface area contributed by atoms with Crippen LogP contribution in [0, 0.1) is 5.92 Å². The summed E-state index contributed by atoms with van der Waals surface area (Å²) in [7, 11) is 1.75. The summed E-state index contributed by atoms with van der Waals surface area (Å²) in [6.07, 6.45) is 7.20. The summed E-state index contributed by atoms with van der Waals surface area (Å²) in [5.41, 5.74) is 0.866. The van der Waals surface area contributed by atoms with Gasteiger partial charge in [0.25, 0.3) is 0 Å². The van der Waals surface area contributed by atoms with E-state index in [-0.39, 0.29) is 11.8 Å². The molecule has 21 heavy (non-hydrogen) atoms. The van der Waals surface area contributed by atoms with Gasteiger partial charge in [-0.15, -0.1) is 0 Å². The minimum atomic E-state index is 0.00209. The number of hydrogen-bond acceptors (Lipinski definition) is 2. The molecule has 1 N–H and O–H groups in total. The highest BCUT2D eigenvalue weighted by Crippen LogP contribution is 2.19. The molecule has 1 aromatic rings. The van der Waals surface area contributed by atoms with Gasteiger partial charge in [0.15, 0.2) is 0 Å². The summed E-state index contributed by atoms with van der Waals surface area (Å²) in [5, 5.41) is 2.83. The Kier molecular flexibility index (Phi) is 5.55. The lowest BCUT2D eigenvalue weighted by Gasteiger charge is -2.17. The maximum absolute atomic E-state index is 12.0. The summed E-state index contributed by atoms with van der Waals surface area (Å²) < 4.78 is 0. The number of carbonyl (C=O) groups excluding carboxylic acids is 2. The van der Waals surface area contributed by atoms with Crippen molar-refractivity contribution < 1.29 is 9.59 Å². The van der Waals surface area contributed by atoms with Crippen molar-refractivity contribution >= 4 is 17.5 Å². The minimum absolute atomic E-state index is 0.00209. The Labute approximate surface area is 125 Å². The lowest BCUT2D eigenvalue weighted by molar-refractivity contribution is -0.122. The Balaban J connectivity index is 1.69. The lowest BCUT2D eigenvalue weighted by Crippen LogP contribution is -2.32. The van der Waals surface area contributed by atoms with E-state index in [1.54, 1.807) is 11.9 Å². The van der Waals surface area contributed by atoms with Gasteiger partial charge in [-0.3, -0.25) is 9.59 Å². The van der Waals surface area contributed by atoms with Gasteiger partial charge in [-0.1, -0.05) is 30.4 Å². The highest BCUT2D eigenvalue weighted by atomic mass is 16.2. The molecule has 1 aliphatic rings. The monoisotopic (exact) mass is 286 g/mol. The maximum Gasteiger partial charge on any atom is 0.228 e. The van der Waals surface area contributed by atoms with Gasteiger partial charge in [0.05, 0.1) is 0 Å². The number of amides is 2. The second kappa shape index (κ2) is 7.62. The average Bonchev–Trinajstić information content (AvgIpc) is 3.00. The standard InChI is InChI=1S/C17H22N2O2/c1-19(15-9-3-2-4-10-15)17(21)11-12-18-16(20)13-14-7-5-6-8-14/h2-5,7,9-10,14H,6,8,11-13H2,1H3,(H,18,20)/t14-/m1/s1. The van der Waals surface area contributed by atoms with Crippen LogP contribution < -0.4 is 10.2 Å². The van der Waals surface area contributed by atoms with Gasteiger partial charge >= 0.3 is 0 Å². The number of benzene rings is 1. The van der Waals surface area contributed by atoms with Gasteiger partial charge in [-0.25, -0.2) is 0 Å². The maximum atomic E-state index is 12.0. The number of hydrogen-bond donors (Lipinski definition) is 1. The average molecular weight is 286 g/mol. The third-order valence-electron chi connectivity index (χ3n) is 3.74. The number of rotatable bonds is 6. The molecule has 1 aromatic carbocycles. The molecule has 0 spiro atoms. The summed E-state index contributed by atoms with van der Waals surface area (Å²) >= 11 is 0. The number of carbonyl (C=O) groups is 2. The summed E-state index contributed by atoms with van der Waals surface area (Å²) in [6, 6.07) is 9.50. The Bertz CT molecular complexity index is 511. The fourth-order valence-electron chi connectivity index (χ4n) is 2.45. The molecule has 1 atom stereocenters. The van der Waals surface area contributed by atoms with Crippen LogP contribution in [-0.4, -0.2) is 25.4 Å². The first kappa shape index (κ1) is 15.3. The van der Waals surface area contributed by atoms with Gasteiger partial charge in [0.1, 0.15) is 0 Å². The third kappa shape index (κ3) is 4.74. The number of allylic oxidation sites excluding steroid dienone is 2. The third-order valence-corrected chi connectivity index (χ3v) is 3.74. The predicted octanol–water partition coefficient (Wildman–Crippen LogP) is 2.51. The molecule has 0 aliphatic heterocycles. The van der Waals surface area contributed by atoms with Crippen LogP contribution >= 0.6 is 0 Å². The van der Waals surface area contributed by atoms with Crippen molar-refractivity contribution in [3.05, 3.63) is 42.5 Å². The van der Waals surface area contributed by atoms with Gasteiger partial charge in [-0.2, -0.15) is 0 Å². The van der Waals surface area contributed by atoms with Crippen LogP contribution in [-0.2, 0) is 9.59 Å².